The molecule has 0 aliphatic carbocycles. The highest BCUT2D eigenvalue weighted by Crippen LogP contribution is 2.15. The van der Waals surface area contributed by atoms with Crippen molar-refractivity contribution in [3.63, 3.8) is 0 Å². The van der Waals surface area contributed by atoms with E-state index in [1.165, 1.54) is 11.8 Å². The average Bonchev–Trinajstić information content (AvgIpc) is 2.15. The lowest BCUT2D eigenvalue weighted by Crippen LogP contribution is -2.18. The molecule has 70 valence electrons. The highest BCUT2D eigenvalue weighted by Gasteiger charge is 1.95. The second kappa shape index (κ2) is 4.92. The quantitative estimate of drug-likeness (QED) is 0.748. The fourth-order valence-electron chi connectivity index (χ4n) is 1.01. The molecule has 0 aliphatic rings. The van der Waals surface area contributed by atoms with E-state index in [0.29, 0.717) is 6.54 Å². The van der Waals surface area contributed by atoms with Crippen molar-refractivity contribution in [1.29, 1.82) is 0 Å². The van der Waals surface area contributed by atoms with Crippen LogP contribution in [0.15, 0.2) is 29.2 Å². The zero-order chi connectivity index (χ0) is 9.68. The van der Waals surface area contributed by atoms with Gasteiger partial charge < -0.3 is 5.32 Å². The Morgan fingerprint density at radius 1 is 1.54 bits per heavy atom. The van der Waals surface area contributed by atoms with Gasteiger partial charge in [0.2, 0.25) is 5.91 Å². The van der Waals surface area contributed by atoms with Crippen molar-refractivity contribution in [2.45, 2.75) is 18.4 Å². The topological polar surface area (TPSA) is 29.1 Å². The second-order valence-electron chi connectivity index (χ2n) is 2.76. The predicted molar refractivity (Wildman–Crippen MR) is 55.7 cm³/mol. The van der Waals surface area contributed by atoms with E-state index in [0.717, 1.165) is 5.56 Å². The minimum Gasteiger partial charge on any atom is -0.352 e. The van der Waals surface area contributed by atoms with Crippen LogP contribution < -0.4 is 5.32 Å². The van der Waals surface area contributed by atoms with Crippen LogP contribution >= 0.6 is 11.8 Å². The first-order chi connectivity index (χ1) is 6.22. The molecule has 3 heteroatoms. The number of thioether (sulfide) groups is 1. The number of carbonyl (C=O) groups excluding carboxylic acids is 1. The van der Waals surface area contributed by atoms with Crippen LogP contribution in [0.5, 0.6) is 0 Å². The number of nitrogens with one attached hydrogen (secondary N) is 1. The van der Waals surface area contributed by atoms with Gasteiger partial charge in [0, 0.05) is 18.4 Å². The molecule has 0 fully saturated rings. The van der Waals surface area contributed by atoms with E-state index in [-0.39, 0.29) is 5.91 Å². The van der Waals surface area contributed by atoms with Crippen LogP contribution in [-0.2, 0) is 11.3 Å². The number of carbonyl (C=O) groups is 1. The minimum atomic E-state index is 0.00885. The Morgan fingerprint density at radius 3 is 2.92 bits per heavy atom. The van der Waals surface area contributed by atoms with Gasteiger partial charge in [-0.2, -0.15) is 0 Å². The summed E-state index contributed by atoms with van der Waals surface area (Å²) in [6.45, 7) is 2.14. The predicted octanol–water partition coefficient (Wildman–Crippen LogP) is 2.04. The molecule has 0 atom stereocenters. The van der Waals surface area contributed by atoms with Gasteiger partial charge in [-0.3, -0.25) is 4.79 Å². The van der Waals surface area contributed by atoms with Gasteiger partial charge in [-0.1, -0.05) is 12.1 Å². The Bertz CT molecular complexity index is 299. The van der Waals surface area contributed by atoms with E-state index in [2.05, 4.69) is 17.4 Å². The van der Waals surface area contributed by atoms with Crippen molar-refractivity contribution in [3.8, 4) is 0 Å². The van der Waals surface area contributed by atoms with Gasteiger partial charge in [-0.15, -0.1) is 11.8 Å². The molecule has 0 saturated carbocycles. The van der Waals surface area contributed by atoms with Gasteiger partial charge in [0.25, 0.3) is 0 Å². The van der Waals surface area contributed by atoms with Crippen LogP contribution in [0.3, 0.4) is 0 Å². The maximum Gasteiger partial charge on any atom is 0.217 e. The normalized spacial score (nSPS) is 9.69. The highest BCUT2D eigenvalue weighted by atomic mass is 32.2. The van der Waals surface area contributed by atoms with E-state index in [1.54, 1.807) is 11.8 Å². The molecule has 0 saturated heterocycles. The summed E-state index contributed by atoms with van der Waals surface area (Å²) in [6.07, 6.45) is 2.04. The summed E-state index contributed by atoms with van der Waals surface area (Å²) >= 11 is 1.70. The van der Waals surface area contributed by atoms with Crippen LogP contribution in [0, 0.1) is 0 Å². The third-order valence-electron chi connectivity index (χ3n) is 1.68. The van der Waals surface area contributed by atoms with Crippen molar-refractivity contribution in [2.75, 3.05) is 6.26 Å². The maximum absolute atomic E-state index is 10.7. The van der Waals surface area contributed by atoms with Crippen molar-refractivity contribution in [3.05, 3.63) is 29.8 Å². The standard InChI is InChI=1S/C10H13NOS/c1-8(12)11-7-9-4-3-5-10(6-9)13-2/h3-6H,7H2,1-2H3,(H,11,12). The van der Waals surface area contributed by atoms with Crippen LogP contribution in [0.4, 0.5) is 0 Å². The van der Waals surface area contributed by atoms with E-state index in [9.17, 15) is 4.79 Å². The Labute approximate surface area is 82.7 Å². The largest absolute Gasteiger partial charge is 0.352 e. The van der Waals surface area contributed by atoms with Gasteiger partial charge in [-0.25, -0.2) is 0 Å². The number of rotatable bonds is 3. The Hall–Kier alpha value is -0.960. The van der Waals surface area contributed by atoms with Gasteiger partial charge >= 0.3 is 0 Å². The molecule has 0 heterocycles. The van der Waals surface area contributed by atoms with E-state index < -0.39 is 0 Å². The van der Waals surface area contributed by atoms with Crippen LogP contribution in [0.2, 0.25) is 0 Å². The molecule has 1 aromatic rings. The first kappa shape index (κ1) is 10.1. The second-order valence-corrected chi connectivity index (χ2v) is 3.64. The maximum atomic E-state index is 10.7. The van der Waals surface area contributed by atoms with Crippen LogP contribution in [0.25, 0.3) is 0 Å². The fraction of sp³-hybridized carbons (Fsp3) is 0.300. The molecule has 0 spiro atoms. The molecule has 1 amide bonds. The van der Waals surface area contributed by atoms with Crippen molar-refractivity contribution in [1.82, 2.24) is 5.32 Å². The smallest absolute Gasteiger partial charge is 0.217 e. The molecule has 1 rings (SSSR count). The molecular weight excluding hydrogens is 182 g/mol. The summed E-state index contributed by atoms with van der Waals surface area (Å²) < 4.78 is 0. The van der Waals surface area contributed by atoms with Crippen LogP contribution in [-0.4, -0.2) is 12.2 Å². The number of benzene rings is 1. The van der Waals surface area contributed by atoms with Crippen molar-refractivity contribution in [2.24, 2.45) is 0 Å². The summed E-state index contributed by atoms with van der Waals surface area (Å²) in [4.78, 5) is 11.9. The summed E-state index contributed by atoms with van der Waals surface area (Å²) in [5.41, 5.74) is 1.14. The van der Waals surface area contributed by atoms with E-state index >= 15 is 0 Å². The molecule has 1 aromatic carbocycles. The monoisotopic (exact) mass is 195 g/mol. The van der Waals surface area contributed by atoms with E-state index in [4.69, 9.17) is 0 Å². The first-order valence-electron chi connectivity index (χ1n) is 4.09. The van der Waals surface area contributed by atoms with Crippen LogP contribution in [0.1, 0.15) is 12.5 Å². The number of amides is 1. The van der Waals surface area contributed by atoms with Crippen molar-refractivity contribution < 1.29 is 4.79 Å². The molecule has 0 aliphatic heterocycles. The molecule has 2 nitrogen and oxygen atoms in total. The first-order valence-corrected chi connectivity index (χ1v) is 5.32. The number of hydrogen-bond donors (Lipinski definition) is 1. The Morgan fingerprint density at radius 2 is 2.31 bits per heavy atom. The molecule has 1 N–H and O–H groups in total. The number of hydrogen-bond acceptors (Lipinski definition) is 2. The Kier molecular flexibility index (Phi) is 3.83. The SMILES string of the molecule is CSc1cccc(CNC(C)=O)c1. The molecular formula is C10H13NOS. The third kappa shape index (κ3) is 3.51. The molecule has 0 aromatic heterocycles. The summed E-state index contributed by atoms with van der Waals surface area (Å²) in [5.74, 6) is 0.00885. The highest BCUT2D eigenvalue weighted by molar-refractivity contribution is 7.98. The average molecular weight is 195 g/mol. The third-order valence-corrected chi connectivity index (χ3v) is 2.40. The Balaban J connectivity index is 2.61. The molecule has 13 heavy (non-hydrogen) atoms. The summed E-state index contributed by atoms with van der Waals surface area (Å²) in [5, 5.41) is 2.76. The van der Waals surface area contributed by atoms with Gasteiger partial charge in [0.1, 0.15) is 0 Å². The van der Waals surface area contributed by atoms with Gasteiger partial charge in [0.05, 0.1) is 0 Å². The van der Waals surface area contributed by atoms with Crippen molar-refractivity contribution >= 4 is 17.7 Å². The lowest BCUT2D eigenvalue weighted by Gasteiger charge is -2.03. The van der Waals surface area contributed by atoms with E-state index in [1.807, 2.05) is 18.4 Å². The zero-order valence-corrected chi connectivity index (χ0v) is 8.65. The van der Waals surface area contributed by atoms with Gasteiger partial charge in [0.15, 0.2) is 0 Å². The fourth-order valence-corrected chi connectivity index (χ4v) is 1.49. The summed E-state index contributed by atoms with van der Waals surface area (Å²) in [6, 6.07) is 8.15. The lowest BCUT2D eigenvalue weighted by atomic mass is 10.2. The molecule has 0 unspecified atom stereocenters. The van der Waals surface area contributed by atoms with Gasteiger partial charge in [-0.05, 0) is 24.0 Å². The zero-order valence-electron chi connectivity index (χ0n) is 7.83. The summed E-state index contributed by atoms with van der Waals surface area (Å²) in [7, 11) is 0. The molecule has 0 radical (unpaired) electrons. The lowest BCUT2D eigenvalue weighted by molar-refractivity contribution is -0.119. The molecule has 0 bridgehead atoms. The minimum absolute atomic E-state index is 0.00885.